The Kier molecular flexibility index (Phi) is 7.50. The lowest BCUT2D eigenvalue weighted by Gasteiger charge is -2.26. The molecule has 0 saturated heterocycles. The molecule has 0 unspecified atom stereocenters. The third-order valence-corrected chi connectivity index (χ3v) is 5.80. The molecular weight excluding hydrogens is 454 g/mol. The average molecular weight is 486 g/mol. The van der Waals surface area contributed by atoms with Crippen LogP contribution in [0.15, 0.2) is 73.7 Å². The minimum Gasteiger partial charge on any atom is -0.494 e. The van der Waals surface area contributed by atoms with E-state index in [-0.39, 0.29) is 5.91 Å². The van der Waals surface area contributed by atoms with Gasteiger partial charge in [-0.05, 0) is 50.5 Å². The zero-order valence-corrected chi connectivity index (χ0v) is 21.0. The van der Waals surface area contributed by atoms with Crippen LogP contribution in [0.5, 0.6) is 5.75 Å². The van der Waals surface area contributed by atoms with E-state index in [0.29, 0.717) is 23.1 Å². The van der Waals surface area contributed by atoms with Gasteiger partial charge in [0, 0.05) is 50.4 Å². The van der Waals surface area contributed by atoms with Gasteiger partial charge in [0.15, 0.2) is 0 Å². The highest BCUT2D eigenvalue weighted by molar-refractivity contribution is 6.02. The van der Waals surface area contributed by atoms with Crippen LogP contribution in [0.4, 0.5) is 23.0 Å². The molecule has 1 aromatic carbocycles. The Balaban J connectivity index is 1.69. The molecule has 0 fully saturated rings. The Morgan fingerprint density at radius 2 is 1.94 bits per heavy atom. The molecule has 0 aliphatic rings. The van der Waals surface area contributed by atoms with Crippen molar-refractivity contribution in [1.82, 2.24) is 19.3 Å². The molecule has 9 heteroatoms. The number of hydrogen-bond donors (Lipinski definition) is 2. The van der Waals surface area contributed by atoms with E-state index in [9.17, 15) is 4.79 Å². The van der Waals surface area contributed by atoms with Crippen molar-refractivity contribution in [2.24, 2.45) is 0 Å². The first-order chi connectivity index (χ1) is 17.4. The Morgan fingerprint density at radius 3 is 2.69 bits per heavy atom. The number of methoxy groups -OCH3 is 1. The zero-order chi connectivity index (χ0) is 25.7. The van der Waals surface area contributed by atoms with Gasteiger partial charge in [0.1, 0.15) is 5.75 Å². The third-order valence-electron chi connectivity index (χ3n) is 5.80. The second-order valence-corrected chi connectivity index (χ2v) is 8.60. The number of amides is 1. The maximum atomic E-state index is 12.2. The fourth-order valence-electron chi connectivity index (χ4n) is 3.87. The number of carbonyl (C=O) groups excluding carboxylic acids is 1. The first kappa shape index (κ1) is 24.7. The quantitative estimate of drug-likeness (QED) is 0.324. The highest BCUT2D eigenvalue weighted by Gasteiger charge is 2.17. The summed E-state index contributed by atoms with van der Waals surface area (Å²) in [6.07, 6.45) is 6.96. The smallest absolute Gasteiger partial charge is 0.247 e. The van der Waals surface area contributed by atoms with Gasteiger partial charge < -0.3 is 29.6 Å². The molecule has 2 N–H and O–H groups in total. The van der Waals surface area contributed by atoms with E-state index < -0.39 is 0 Å². The van der Waals surface area contributed by atoms with Gasteiger partial charge in [-0.1, -0.05) is 12.6 Å². The number of pyridine rings is 1. The molecule has 3 aromatic heterocycles. The molecule has 0 spiro atoms. The topological polar surface area (TPSA) is 87.0 Å². The van der Waals surface area contributed by atoms with Gasteiger partial charge in [0.05, 0.1) is 35.4 Å². The molecule has 4 aromatic rings. The van der Waals surface area contributed by atoms with Gasteiger partial charge >= 0.3 is 0 Å². The van der Waals surface area contributed by atoms with E-state index in [4.69, 9.17) is 9.72 Å². The van der Waals surface area contributed by atoms with Crippen LogP contribution < -0.4 is 20.3 Å². The second kappa shape index (κ2) is 10.9. The van der Waals surface area contributed by atoms with Crippen LogP contribution in [0, 0.1) is 0 Å². The number of ether oxygens (including phenoxy) is 1. The van der Waals surface area contributed by atoms with E-state index in [1.54, 1.807) is 13.3 Å². The minimum atomic E-state index is -0.299. The highest BCUT2D eigenvalue weighted by Crippen LogP contribution is 2.38. The molecule has 9 nitrogen and oxygen atoms in total. The van der Waals surface area contributed by atoms with Gasteiger partial charge in [-0.3, -0.25) is 4.79 Å². The Hall–Kier alpha value is -4.37. The van der Waals surface area contributed by atoms with Crippen molar-refractivity contribution in [1.29, 1.82) is 0 Å². The van der Waals surface area contributed by atoms with Crippen molar-refractivity contribution in [3.8, 4) is 17.0 Å². The van der Waals surface area contributed by atoms with Crippen LogP contribution in [0.2, 0.25) is 0 Å². The molecule has 0 saturated carbocycles. The number of carbonyl (C=O) groups is 1. The van der Waals surface area contributed by atoms with E-state index in [1.807, 2.05) is 80.4 Å². The molecule has 0 bridgehead atoms. The number of aromatic nitrogens is 3. The maximum absolute atomic E-state index is 12.2. The SMILES string of the molecule is C=CC(=O)Nc1cc(Nc2nccc(-c3ccn4ccccc34)n2)c(OC)cc1N(C)CCN(C)C. The van der Waals surface area contributed by atoms with Gasteiger partial charge in [-0.15, -0.1) is 0 Å². The maximum Gasteiger partial charge on any atom is 0.247 e. The predicted octanol–water partition coefficient (Wildman–Crippen LogP) is 4.27. The standard InChI is InChI=1S/C27H31N7O2/c1-6-26(35)29-21-17-22(25(36-5)18-24(21)33(4)16-15-32(2)3)31-27-28-12-10-20(30-27)19-11-14-34-13-8-7-9-23(19)34/h6-14,17-18H,1,15-16H2,2-5H3,(H,29,35)(H,28,30,31). The number of nitrogens with one attached hydrogen (secondary N) is 2. The van der Waals surface area contributed by atoms with E-state index in [2.05, 4.69) is 32.0 Å². The van der Waals surface area contributed by atoms with Crippen LogP contribution >= 0.6 is 0 Å². The van der Waals surface area contributed by atoms with Crippen molar-refractivity contribution in [2.45, 2.75) is 0 Å². The molecule has 4 rings (SSSR count). The van der Waals surface area contributed by atoms with Gasteiger partial charge in [-0.2, -0.15) is 0 Å². The first-order valence-corrected chi connectivity index (χ1v) is 11.6. The molecule has 186 valence electrons. The fourth-order valence-corrected chi connectivity index (χ4v) is 3.87. The number of nitrogens with zero attached hydrogens (tertiary/aromatic N) is 5. The average Bonchev–Trinajstić information content (AvgIpc) is 3.32. The number of benzene rings is 1. The summed E-state index contributed by atoms with van der Waals surface area (Å²) in [4.78, 5) is 25.5. The van der Waals surface area contributed by atoms with Crippen LogP contribution in [-0.2, 0) is 4.79 Å². The molecule has 0 aliphatic heterocycles. The van der Waals surface area contributed by atoms with Gasteiger partial charge in [-0.25, -0.2) is 9.97 Å². The molecule has 0 aliphatic carbocycles. The highest BCUT2D eigenvalue weighted by atomic mass is 16.5. The van der Waals surface area contributed by atoms with E-state index >= 15 is 0 Å². The van der Waals surface area contributed by atoms with Gasteiger partial charge in [0.25, 0.3) is 0 Å². The number of anilines is 4. The summed E-state index contributed by atoms with van der Waals surface area (Å²) in [5, 5.41) is 6.17. The number of rotatable bonds is 10. The third kappa shape index (κ3) is 5.47. The Bertz CT molecular complexity index is 1380. The summed E-state index contributed by atoms with van der Waals surface area (Å²) in [6.45, 7) is 5.19. The van der Waals surface area contributed by atoms with Crippen LogP contribution in [0.3, 0.4) is 0 Å². The number of fused-ring (bicyclic) bond motifs is 1. The summed E-state index contributed by atoms with van der Waals surface area (Å²) in [6, 6.07) is 13.7. The summed E-state index contributed by atoms with van der Waals surface area (Å²) in [5.74, 6) is 0.713. The predicted molar refractivity (Wildman–Crippen MR) is 145 cm³/mol. The first-order valence-electron chi connectivity index (χ1n) is 11.6. The van der Waals surface area contributed by atoms with Crippen LogP contribution in [0.25, 0.3) is 16.8 Å². The molecule has 36 heavy (non-hydrogen) atoms. The van der Waals surface area contributed by atoms with Crippen LogP contribution in [-0.4, -0.2) is 66.5 Å². The second-order valence-electron chi connectivity index (χ2n) is 8.60. The normalized spacial score (nSPS) is 10.9. The van der Waals surface area contributed by atoms with Crippen molar-refractivity contribution < 1.29 is 9.53 Å². The Morgan fingerprint density at radius 1 is 1.11 bits per heavy atom. The van der Waals surface area contributed by atoms with Crippen molar-refractivity contribution in [3.05, 3.63) is 73.7 Å². The molecule has 3 heterocycles. The summed E-state index contributed by atoms with van der Waals surface area (Å²) in [5.41, 5.74) is 4.92. The van der Waals surface area contributed by atoms with E-state index in [1.165, 1.54) is 6.08 Å². The monoisotopic (exact) mass is 485 g/mol. The lowest BCUT2D eigenvalue weighted by Crippen LogP contribution is -2.29. The van der Waals surface area contributed by atoms with Gasteiger partial charge in [0.2, 0.25) is 11.9 Å². The molecular formula is C27H31N7O2. The zero-order valence-electron chi connectivity index (χ0n) is 21.0. The number of hydrogen-bond acceptors (Lipinski definition) is 7. The van der Waals surface area contributed by atoms with Crippen molar-refractivity contribution in [3.63, 3.8) is 0 Å². The Labute approximate surface area is 211 Å². The molecule has 1 amide bonds. The lowest BCUT2D eigenvalue weighted by molar-refractivity contribution is -0.111. The number of likely N-dealkylation sites (N-methyl/N-ethyl adjacent to an activating group) is 2. The fraction of sp³-hybridized carbons (Fsp3) is 0.222. The van der Waals surface area contributed by atoms with Crippen molar-refractivity contribution in [2.75, 3.05) is 56.9 Å². The van der Waals surface area contributed by atoms with Crippen molar-refractivity contribution >= 4 is 34.4 Å². The van der Waals surface area contributed by atoms with E-state index in [0.717, 1.165) is 35.6 Å². The largest absolute Gasteiger partial charge is 0.494 e. The minimum absolute atomic E-state index is 0.299. The molecule has 0 radical (unpaired) electrons. The summed E-state index contributed by atoms with van der Waals surface area (Å²) >= 11 is 0. The lowest BCUT2D eigenvalue weighted by atomic mass is 10.2. The molecule has 0 atom stereocenters. The summed E-state index contributed by atoms with van der Waals surface area (Å²) < 4.78 is 7.74. The summed E-state index contributed by atoms with van der Waals surface area (Å²) in [7, 11) is 7.63. The van der Waals surface area contributed by atoms with Crippen LogP contribution in [0.1, 0.15) is 0 Å².